The van der Waals surface area contributed by atoms with Crippen LogP contribution in [0.5, 0.6) is 0 Å². The molecule has 8 heteroatoms. The van der Waals surface area contributed by atoms with Crippen LogP contribution in [0.25, 0.3) is 0 Å². The van der Waals surface area contributed by atoms with E-state index in [0.717, 1.165) is 71.3 Å². The number of guanidine groups is 1. The molecule has 1 saturated heterocycles. The number of ether oxygens (including phenoxy) is 3. The normalized spacial score (nSPS) is 16.0. The largest absolute Gasteiger partial charge is 0.382 e. The van der Waals surface area contributed by atoms with Crippen molar-refractivity contribution in [2.75, 3.05) is 79.9 Å². The van der Waals surface area contributed by atoms with E-state index in [4.69, 9.17) is 14.2 Å². The Labute approximate surface area is 157 Å². The number of hydrogen-bond donors (Lipinski definition) is 2. The van der Waals surface area contributed by atoms with Gasteiger partial charge in [-0.1, -0.05) is 0 Å². The molecule has 1 fully saturated rings. The number of hydrogen-bond acceptors (Lipinski definition) is 5. The fraction of sp³-hybridized carbons (Fsp3) is 0.933. The maximum absolute atomic E-state index is 5.43. The van der Waals surface area contributed by atoms with Crippen molar-refractivity contribution in [3.8, 4) is 0 Å². The third kappa shape index (κ3) is 12.9. The van der Waals surface area contributed by atoms with Crippen molar-refractivity contribution in [1.29, 1.82) is 0 Å². The Morgan fingerprint density at radius 1 is 1.09 bits per heavy atom. The summed E-state index contributed by atoms with van der Waals surface area (Å²) in [6.07, 6.45) is 2.11. The van der Waals surface area contributed by atoms with Crippen LogP contribution in [-0.2, 0) is 14.2 Å². The third-order valence-electron chi connectivity index (χ3n) is 3.49. The first-order valence-electron chi connectivity index (χ1n) is 8.18. The second-order valence-corrected chi connectivity index (χ2v) is 5.19. The van der Waals surface area contributed by atoms with E-state index in [1.165, 1.54) is 0 Å². The van der Waals surface area contributed by atoms with Gasteiger partial charge in [-0.25, -0.2) is 0 Å². The van der Waals surface area contributed by atoms with Gasteiger partial charge < -0.3 is 24.8 Å². The standard InChI is InChI=1S/C15H32N4O3.HI/c1-16-15(17-5-3-4-10-21-14-13-20-2)18-6-7-19-8-11-22-12-9-19;/h3-14H2,1-2H3,(H2,16,17,18);1H. The molecule has 0 aliphatic carbocycles. The predicted octanol–water partition coefficient (Wildman–Crippen LogP) is 0.545. The summed E-state index contributed by atoms with van der Waals surface area (Å²) < 4.78 is 15.7. The van der Waals surface area contributed by atoms with Gasteiger partial charge in [-0.3, -0.25) is 9.89 Å². The molecule has 0 radical (unpaired) electrons. The number of rotatable bonds is 11. The van der Waals surface area contributed by atoms with E-state index in [2.05, 4.69) is 20.5 Å². The van der Waals surface area contributed by atoms with Gasteiger partial charge in [0, 0.05) is 53.5 Å². The summed E-state index contributed by atoms with van der Waals surface area (Å²) >= 11 is 0. The first kappa shape index (κ1) is 22.8. The molecule has 1 heterocycles. The van der Waals surface area contributed by atoms with E-state index in [1.807, 2.05) is 0 Å². The molecule has 1 aliphatic rings. The molecule has 2 N–H and O–H groups in total. The Morgan fingerprint density at radius 2 is 1.83 bits per heavy atom. The molecule has 1 aliphatic heterocycles. The average molecular weight is 444 g/mol. The second kappa shape index (κ2) is 16.7. The lowest BCUT2D eigenvalue weighted by Crippen LogP contribution is -2.44. The molecule has 23 heavy (non-hydrogen) atoms. The van der Waals surface area contributed by atoms with Gasteiger partial charge in [0.2, 0.25) is 0 Å². The molecule has 0 atom stereocenters. The number of unbranched alkanes of at least 4 members (excludes halogenated alkanes) is 1. The summed E-state index contributed by atoms with van der Waals surface area (Å²) in [5.74, 6) is 0.869. The van der Waals surface area contributed by atoms with Crippen LogP contribution < -0.4 is 10.6 Å². The van der Waals surface area contributed by atoms with E-state index in [0.29, 0.717) is 13.2 Å². The number of aliphatic imine (C=N–C) groups is 1. The molecule has 0 saturated carbocycles. The van der Waals surface area contributed by atoms with Crippen molar-refractivity contribution < 1.29 is 14.2 Å². The fourth-order valence-electron chi connectivity index (χ4n) is 2.16. The summed E-state index contributed by atoms with van der Waals surface area (Å²) in [7, 11) is 3.49. The van der Waals surface area contributed by atoms with Gasteiger partial charge in [0.1, 0.15) is 0 Å². The van der Waals surface area contributed by atoms with Crippen LogP contribution in [0.15, 0.2) is 4.99 Å². The maximum atomic E-state index is 5.43. The van der Waals surface area contributed by atoms with Gasteiger partial charge in [-0.05, 0) is 12.8 Å². The van der Waals surface area contributed by atoms with Crippen molar-refractivity contribution >= 4 is 29.9 Å². The van der Waals surface area contributed by atoms with Crippen molar-refractivity contribution in [3.05, 3.63) is 0 Å². The molecule has 0 amide bonds. The smallest absolute Gasteiger partial charge is 0.191 e. The molecule has 0 aromatic heterocycles. The Morgan fingerprint density at radius 3 is 2.52 bits per heavy atom. The van der Waals surface area contributed by atoms with Gasteiger partial charge in [-0.15, -0.1) is 24.0 Å². The highest BCUT2D eigenvalue weighted by Gasteiger charge is 2.09. The predicted molar refractivity (Wildman–Crippen MR) is 104 cm³/mol. The highest BCUT2D eigenvalue weighted by atomic mass is 127. The zero-order valence-electron chi connectivity index (χ0n) is 14.5. The fourth-order valence-corrected chi connectivity index (χ4v) is 2.16. The van der Waals surface area contributed by atoms with Crippen molar-refractivity contribution in [3.63, 3.8) is 0 Å². The average Bonchev–Trinajstić information content (AvgIpc) is 2.56. The van der Waals surface area contributed by atoms with Crippen LogP contribution >= 0.6 is 24.0 Å². The van der Waals surface area contributed by atoms with E-state index >= 15 is 0 Å². The third-order valence-corrected chi connectivity index (χ3v) is 3.49. The first-order valence-corrected chi connectivity index (χ1v) is 8.18. The maximum Gasteiger partial charge on any atom is 0.191 e. The Bertz CT molecular complexity index is 290. The van der Waals surface area contributed by atoms with E-state index < -0.39 is 0 Å². The quantitative estimate of drug-likeness (QED) is 0.210. The Kier molecular flexibility index (Phi) is 16.6. The molecule has 0 spiro atoms. The SMILES string of the molecule is CN=C(NCCCCOCCOC)NCCN1CCOCC1.I. The summed E-state index contributed by atoms with van der Waals surface area (Å²) in [4.78, 5) is 6.64. The molecule has 0 bridgehead atoms. The lowest BCUT2D eigenvalue weighted by molar-refractivity contribution is 0.0389. The highest BCUT2D eigenvalue weighted by molar-refractivity contribution is 14.0. The molecule has 0 aromatic carbocycles. The highest BCUT2D eigenvalue weighted by Crippen LogP contribution is 1.94. The number of nitrogens with zero attached hydrogens (tertiary/aromatic N) is 2. The summed E-state index contributed by atoms with van der Waals surface area (Å²) in [6.45, 7) is 8.70. The van der Waals surface area contributed by atoms with Crippen molar-refractivity contribution in [2.24, 2.45) is 4.99 Å². The lowest BCUT2D eigenvalue weighted by Gasteiger charge is -2.26. The van der Waals surface area contributed by atoms with Gasteiger partial charge >= 0.3 is 0 Å². The molecular formula is C15H33IN4O3. The summed E-state index contributed by atoms with van der Waals surface area (Å²) in [5.41, 5.74) is 0. The number of morpholine rings is 1. The summed E-state index contributed by atoms with van der Waals surface area (Å²) in [6, 6.07) is 0. The Hall–Kier alpha value is -0.160. The van der Waals surface area contributed by atoms with E-state index in [-0.39, 0.29) is 24.0 Å². The molecular weight excluding hydrogens is 411 g/mol. The molecule has 1 rings (SSSR count). The lowest BCUT2D eigenvalue weighted by atomic mass is 10.3. The van der Waals surface area contributed by atoms with E-state index in [1.54, 1.807) is 14.2 Å². The number of halogens is 1. The molecule has 7 nitrogen and oxygen atoms in total. The first-order chi connectivity index (χ1) is 10.9. The van der Waals surface area contributed by atoms with Gasteiger partial charge in [0.05, 0.1) is 26.4 Å². The van der Waals surface area contributed by atoms with Gasteiger partial charge in [-0.2, -0.15) is 0 Å². The minimum atomic E-state index is 0. The van der Waals surface area contributed by atoms with Crippen molar-refractivity contribution in [2.45, 2.75) is 12.8 Å². The molecule has 0 unspecified atom stereocenters. The van der Waals surface area contributed by atoms with Gasteiger partial charge in [0.15, 0.2) is 5.96 Å². The monoisotopic (exact) mass is 444 g/mol. The van der Waals surface area contributed by atoms with Crippen LogP contribution in [0.2, 0.25) is 0 Å². The zero-order valence-corrected chi connectivity index (χ0v) is 16.8. The number of nitrogens with one attached hydrogen (secondary N) is 2. The van der Waals surface area contributed by atoms with Crippen LogP contribution in [-0.4, -0.2) is 90.8 Å². The number of methoxy groups -OCH3 is 1. The minimum Gasteiger partial charge on any atom is -0.382 e. The minimum absolute atomic E-state index is 0. The topological polar surface area (TPSA) is 67.4 Å². The van der Waals surface area contributed by atoms with Crippen LogP contribution in [0.3, 0.4) is 0 Å². The van der Waals surface area contributed by atoms with Crippen LogP contribution in [0.4, 0.5) is 0 Å². The summed E-state index contributed by atoms with van der Waals surface area (Å²) in [5, 5.41) is 6.67. The molecule has 138 valence electrons. The van der Waals surface area contributed by atoms with Gasteiger partial charge in [0.25, 0.3) is 0 Å². The van der Waals surface area contributed by atoms with Crippen molar-refractivity contribution in [1.82, 2.24) is 15.5 Å². The zero-order chi connectivity index (χ0) is 15.9. The Balaban J connectivity index is 0.00000484. The van der Waals surface area contributed by atoms with E-state index in [9.17, 15) is 0 Å². The van der Waals surface area contributed by atoms with Crippen LogP contribution in [0.1, 0.15) is 12.8 Å². The molecule has 0 aromatic rings. The van der Waals surface area contributed by atoms with Crippen LogP contribution in [0, 0.1) is 0 Å². The second-order valence-electron chi connectivity index (χ2n) is 5.19.